The van der Waals surface area contributed by atoms with E-state index in [1.165, 1.54) is 7.11 Å². The second-order valence-corrected chi connectivity index (χ2v) is 3.38. The Bertz CT molecular complexity index is 343. The molecule has 0 N–H and O–H groups in total. The molecule has 0 unspecified atom stereocenters. The maximum Gasteiger partial charge on any atom is 0.333 e. The Balaban J connectivity index is 2.17. The zero-order valence-electron chi connectivity index (χ0n) is 9.44. The maximum absolute atomic E-state index is 11.0. The van der Waals surface area contributed by atoms with Crippen molar-refractivity contribution < 1.29 is 14.3 Å². The molecule has 0 aromatic heterocycles. The summed E-state index contributed by atoms with van der Waals surface area (Å²) in [6.45, 7) is 4.64. The normalized spacial score (nSPS) is 9.81. The first-order valence-electron chi connectivity index (χ1n) is 5.12. The van der Waals surface area contributed by atoms with Gasteiger partial charge in [0.2, 0.25) is 0 Å². The van der Waals surface area contributed by atoms with Gasteiger partial charge in [0.25, 0.3) is 0 Å². The van der Waals surface area contributed by atoms with E-state index in [4.69, 9.17) is 4.74 Å². The fourth-order valence-electron chi connectivity index (χ4n) is 1.21. The van der Waals surface area contributed by atoms with Crippen LogP contribution in [0, 0.1) is 0 Å². The van der Waals surface area contributed by atoms with Gasteiger partial charge in [-0.3, -0.25) is 0 Å². The Labute approximate surface area is 95.7 Å². The zero-order chi connectivity index (χ0) is 11.8. The fraction of sp³-hybridized carbons (Fsp3) is 0.308. The average Bonchev–Trinajstić information content (AvgIpc) is 2.34. The van der Waals surface area contributed by atoms with Gasteiger partial charge in [-0.25, -0.2) is 4.79 Å². The molecule has 0 saturated carbocycles. The van der Waals surface area contributed by atoms with Crippen LogP contribution in [-0.2, 0) is 20.9 Å². The van der Waals surface area contributed by atoms with E-state index in [9.17, 15) is 4.79 Å². The van der Waals surface area contributed by atoms with Gasteiger partial charge >= 0.3 is 5.97 Å². The number of methoxy groups -OCH3 is 1. The Morgan fingerprint density at radius 2 is 2.00 bits per heavy atom. The van der Waals surface area contributed by atoms with Crippen LogP contribution >= 0.6 is 0 Å². The Hall–Kier alpha value is -1.61. The summed E-state index contributed by atoms with van der Waals surface area (Å²) in [5, 5.41) is 0. The van der Waals surface area contributed by atoms with Gasteiger partial charge in [-0.2, -0.15) is 0 Å². The van der Waals surface area contributed by atoms with Crippen LogP contribution < -0.4 is 0 Å². The largest absolute Gasteiger partial charge is 0.466 e. The quantitative estimate of drug-likeness (QED) is 0.419. The van der Waals surface area contributed by atoms with Crippen molar-refractivity contribution in [3.8, 4) is 0 Å². The number of carbonyl (C=O) groups is 1. The molecule has 1 aromatic rings. The van der Waals surface area contributed by atoms with Crippen LogP contribution in [0.25, 0.3) is 0 Å². The number of benzene rings is 1. The van der Waals surface area contributed by atoms with Crippen molar-refractivity contribution >= 4 is 5.97 Å². The Morgan fingerprint density at radius 3 is 2.62 bits per heavy atom. The molecular formula is C13H16O3. The molecule has 1 rings (SSSR count). The van der Waals surface area contributed by atoms with E-state index in [-0.39, 0.29) is 5.97 Å². The molecule has 16 heavy (non-hydrogen) atoms. The molecule has 0 aliphatic rings. The third-order valence-corrected chi connectivity index (χ3v) is 2.13. The molecular weight excluding hydrogens is 204 g/mol. The second kappa shape index (κ2) is 6.80. The van der Waals surface area contributed by atoms with Crippen molar-refractivity contribution in [3.05, 3.63) is 48.0 Å². The van der Waals surface area contributed by atoms with Gasteiger partial charge in [-0.15, -0.1) is 0 Å². The van der Waals surface area contributed by atoms with E-state index in [0.717, 1.165) is 5.56 Å². The van der Waals surface area contributed by atoms with E-state index < -0.39 is 0 Å². The summed E-state index contributed by atoms with van der Waals surface area (Å²) in [7, 11) is 1.35. The predicted molar refractivity (Wildman–Crippen MR) is 61.9 cm³/mol. The highest BCUT2D eigenvalue weighted by atomic mass is 16.5. The number of carbonyl (C=O) groups excluding carboxylic acids is 1. The summed E-state index contributed by atoms with van der Waals surface area (Å²) in [6, 6.07) is 9.88. The van der Waals surface area contributed by atoms with Crippen LogP contribution in [0.2, 0.25) is 0 Å². The summed E-state index contributed by atoms with van der Waals surface area (Å²) in [5.41, 5.74) is 1.56. The van der Waals surface area contributed by atoms with Gasteiger partial charge in [0, 0.05) is 12.0 Å². The first kappa shape index (κ1) is 12.5. The van der Waals surface area contributed by atoms with Gasteiger partial charge in [0.1, 0.15) is 0 Å². The average molecular weight is 220 g/mol. The van der Waals surface area contributed by atoms with Crippen LogP contribution in [-0.4, -0.2) is 19.7 Å². The lowest BCUT2D eigenvalue weighted by atomic mass is 10.2. The van der Waals surface area contributed by atoms with Crippen molar-refractivity contribution in [2.75, 3.05) is 13.7 Å². The third kappa shape index (κ3) is 4.28. The molecule has 3 heteroatoms. The molecule has 0 aliphatic carbocycles. The third-order valence-electron chi connectivity index (χ3n) is 2.13. The van der Waals surface area contributed by atoms with Crippen LogP contribution in [0.1, 0.15) is 12.0 Å². The van der Waals surface area contributed by atoms with Gasteiger partial charge in [-0.1, -0.05) is 36.9 Å². The van der Waals surface area contributed by atoms with Gasteiger partial charge < -0.3 is 9.47 Å². The zero-order valence-corrected chi connectivity index (χ0v) is 9.44. The van der Waals surface area contributed by atoms with Gasteiger partial charge in [-0.05, 0) is 5.56 Å². The van der Waals surface area contributed by atoms with Gasteiger partial charge in [0.15, 0.2) is 0 Å². The van der Waals surface area contributed by atoms with Crippen molar-refractivity contribution in [3.63, 3.8) is 0 Å². The molecule has 0 fully saturated rings. The maximum atomic E-state index is 11.0. The smallest absolute Gasteiger partial charge is 0.333 e. The molecule has 1 aromatic carbocycles. The highest BCUT2D eigenvalue weighted by Gasteiger charge is 2.05. The minimum Gasteiger partial charge on any atom is -0.466 e. The van der Waals surface area contributed by atoms with Crippen LogP contribution in [0.15, 0.2) is 42.5 Å². The minimum atomic E-state index is -0.372. The molecule has 0 atom stereocenters. The lowest BCUT2D eigenvalue weighted by molar-refractivity contribution is -0.136. The summed E-state index contributed by atoms with van der Waals surface area (Å²) >= 11 is 0. The number of esters is 1. The molecule has 0 amide bonds. The lowest BCUT2D eigenvalue weighted by Crippen LogP contribution is -2.06. The highest BCUT2D eigenvalue weighted by Crippen LogP contribution is 2.04. The second-order valence-electron chi connectivity index (χ2n) is 3.38. The fourth-order valence-corrected chi connectivity index (χ4v) is 1.21. The molecule has 86 valence electrons. The molecule has 0 radical (unpaired) electrons. The monoisotopic (exact) mass is 220 g/mol. The number of hydrogen-bond acceptors (Lipinski definition) is 3. The Morgan fingerprint density at radius 1 is 1.31 bits per heavy atom. The molecule has 0 bridgehead atoms. The van der Waals surface area contributed by atoms with Crippen LogP contribution in [0.4, 0.5) is 0 Å². The lowest BCUT2D eigenvalue weighted by Gasteiger charge is -2.05. The standard InChI is InChI=1S/C13H16O3/c1-11(13(14)15-2)8-9-16-10-12-6-4-3-5-7-12/h3-7H,1,8-10H2,2H3. The topological polar surface area (TPSA) is 35.5 Å². The van der Waals surface area contributed by atoms with Crippen molar-refractivity contribution in [2.24, 2.45) is 0 Å². The van der Waals surface area contributed by atoms with Crippen molar-refractivity contribution in [1.82, 2.24) is 0 Å². The van der Waals surface area contributed by atoms with E-state index in [2.05, 4.69) is 11.3 Å². The highest BCUT2D eigenvalue weighted by molar-refractivity contribution is 5.87. The molecule has 0 spiro atoms. The summed E-state index contributed by atoms with van der Waals surface area (Å²) < 4.78 is 9.95. The van der Waals surface area contributed by atoms with Crippen molar-refractivity contribution in [1.29, 1.82) is 0 Å². The molecule has 3 nitrogen and oxygen atoms in total. The predicted octanol–water partition coefficient (Wildman–Crippen LogP) is 2.32. The van der Waals surface area contributed by atoms with E-state index in [1.807, 2.05) is 30.3 Å². The molecule has 0 aliphatic heterocycles. The number of ether oxygens (including phenoxy) is 2. The number of rotatable bonds is 6. The SMILES string of the molecule is C=C(CCOCc1ccccc1)C(=O)OC. The Kier molecular flexibility index (Phi) is 5.29. The minimum absolute atomic E-state index is 0.372. The number of hydrogen-bond donors (Lipinski definition) is 0. The van der Waals surface area contributed by atoms with Crippen LogP contribution in [0.3, 0.4) is 0 Å². The summed E-state index contributed by atoms with van der Waals surface area (Å²) in [6.07, 6.45) is 0.500. The van der Waals surface area contributed by atoms with Crippen LogP contribution in [0.5, 0.6) is 0 Å². The first-order chi connectivity index (χ1) is 7.74. The molecule has 0 heterocycles. The first-order valence-corrected chi connectivity index (χ1v) is 5.12. The molecule has 0 saturated heterocycles. The van der Waals surface area contributed by atoms with Gasteiger partial charge in [0.05, 0.1) is 20.3 Å². The summed E-state index contributed by atoms with van der Waals surface area (Å²) in [5.74, 6) is -0.372. The van der Waals surface area contributed by atoms with E-state index >= 15 is 0 Å². The van der Waals surface area contributed by atoms with E-state index in [0.29, 0.717) is 25.2 Å². The summed E-state index contributed by atoms with van der Waals surface area (Å²) in [4.78, 5) is 11.0. The van der Waals surface area contributed by atoms with E-state index in [1.54, 1.807) is 0 Å². The van der Waals surface area contributed by atoms with Crippen molar-refractivity contribution in [2.45, 2.75) is 13.0 Å².